The number of benzene rings is 3. The van der Waals surface area contributed by atoms with Gasteiger partial charge in [-0.1, -0.05) is 42.5 Å². The van der Waals surface area contributed by atoms with E-state index < -0.39 is 5.97 Å². The third-order valence-corrected chi connectivity index (χ3v) is 3.61. The molecule has 0 radical (unpaired) electrons. The van der Waals surface area contributed by atoms with Crippen molar-refractivity contribution in [2.24, 2.45) is 0 Å². The fourth-order valence-electron chi connectivity index (χ4n) is 2.28. The summed E-state index contributed by atoms with van der Waals surface area (Å²) >= 11 is 0. The molecule has 3 aromatic rings. The van der Waals surface area contributed by atoms with Crippen LogP contribution in [0.2, 0.25) is 0 Å². The fraction of sp³-hybridized carbons (Fsp3) is 0.0952. The zero-order chi connectivity index (χ0) is 17.5. The number of hydrogen-bond donors (Lipinski definition) is 0. The lowest BCUT2D eigenvalue weighted by Crippen LogP contribution is -2.09. The summed E-state index contributed by atoms with van der Waals surface area (Å²) in [4.78, 5) is 12.3. The van der Waals surface area contributed by atoms with Crippen molar-refractivity contribution in [3.05, 3.63) is 90.0 Å². The quantitative estimate of drug-likeness (QED) is 0.492. The van der Waals surface area contributed by atoms with Gasteiger partial charge in [0.25, 0.3) is 0 Å². The van der Waals surface area contributed by atoms with E-state index in [-0.39, 0.29) is 0 Å². The summed E-state index contributed by atoms with van der Waals surface area (Å²) in [5.41, 5.74) is 1.44. The van der Waals surface area contributed by atoms with E-state index in [1.807, 2.05) is 48.5 Å². The Morgan fingerprint density at radius 1 is 0.800 bits per heavy atom. The van der Waals surface area contributed by atoms with E-state index >= 15 is 0 Å². The molecule has 0 aliphatic heterocycles. The Balaban J connectivity index is 1.62. The molecule has 4 heteroatoms. The number of carbonyl (C=O) groups is 1. The van der Waals surface area contributed by atoms with Gasteiger partial charge in [-0.05, 0) is 42.0 Å². The summed E-state index contributed by atoms with van der Waals surface area (Å²) in [6.45, 7) is 0.436. The first-order chi connectivity index (χ1) is 12.3. The van der Waals surface area contributed by atoms with Crippen molar-refractivity contribution in [3.63, 3.8) is 0 Å². The minimum Gasteiger partial charge on any atom is -0.493 e. The maximum atomic E-state index is 12.3. The van der Waals surface area contributed by atoms with Crippen molar-refractivity contribution in [1.82, 2.24) is 0 Å². The minimum absolute atomic E-state index is 0.395. The maximum Gasteiger partial charge on any atom is 0.343 e. The number of para-hydroxylation sites is 3. The number of rotatable bonds is 6. The van der Waals surface area contributed by atoms with Gasteiger partial charge >= 0.3 is 5.97 Å². The Kier molecular flexibility index (Phi) is 5.32. The predicted molar refractivity (Wildman–Crippen MR) is 95.2 cm³/mol. The number of carbonyl (C=O) groups excluding carboxylic acids is 1. The first kappa shape index (κ1) is 16.6. The Hall–Kier alpha value is -3.27. The average molecular weight is 334 g/mol. The molecule has 3 aromatic carbocycles. The second-order valence-electron chi connectivity index (χ2n) is 5.34. The minimum atomic E-state index is -0.431. The van der Waals surface area contributed by atoms with E-state index in [0.29, 0.717) is 23.7 Å². The van der Waals surface area contributed by atoms with E-state index in [9.17, 15) is 4.79 Å². The van der Waals surface area contributed by atoms with E-state index in [1.165, 1.54) is 7.11 Å². The topological polar surface area (TPSA) is 44.8 Å². The van der Waals surface area contributed by atoms with Gasteiger partial charge in [-0.25, -0.2) is 4.79 Å². The lowest BCUT2D eigenvalue weighted by molar-refractivity contribution is 0.0729. The van der Waals surface area contributed by atoms with Crippen LogP contribution in [0.25, 0.3) is 0 Å². The van der Waals surface area contributed by atoms with Crippen LogP contribution >= 0.6 is 0 Å². The van der Waals surface area contributed by atoms with Crippen LogP contribution in [0.5, 0.6) is 17.2 Å². The highest BCUT2D eigenvalue weighted by atomic mass is 16.6. The molecule has 0 saturated carbocycles. The molecule has 0 saturated heterocycles. The van der Waals surface area contributed by atoms with Gasteiger partial charge < -0.3 is 14.2 Å². The third kappa shape index (κ3) is 4.38. The van der Waals surface area contributed by atoms with Crippen LogP contribution in [0.15, 0.2) is 78.9 Å². The molecule has 0 unspecified atom stereocenters. The Labute approximate surface area is 146 Å². The molecule has 0 aliphatic rings. The summed E-state index contributed by atoms with van der Waals surface area (Å²) in [6.07, 6.45) is 0. The third-order valence-electron chi connectivity index (χ3n) is 3.61. The smallest absolute Gasteiger partial charge is 0.343 e. The van der Waals surface area contributed by atoms with Crippen molar-refractivity contribution in [2.45, 2.75) is 6.61 Å². The highest BCUT2D eigenvalue weighted by Crippen LogP contribution is 2.26. The largest absolute Gasteiger partial charge is 0.493 e. The summed E-state index contributed by atoms with van der Waals surface area (Å²) < 4.78 is 16.3. The number of hydrogen-bond acceptors (Lipinski definition) is 4. The van der Waals surface area contributed by atoms with Gasteiger partial charge in [0.2, 0.25) is 0 Å². The van der Waals surface area contributed by atoms with Gasteiger partial charge in [0, 0.05) is 0 Å². The zero-order valence-electron chi connectivity index (χ0n) is 13.8. The number of esters is 1. The molecule has 0 fully saturated rings. The molecule has 25 heavy (non-hydrogen) atoms. The molecule has 0 bridgehead atoms. The van der Waals surface area contributed by atoms with Crippen molar-refractivity contribution < 1.29 is 19.0 Å². The summed E-state index contributed by atoms with van der Waals surface area (Å²) in [5.74, 6) is 1.29. The van der Waals surface area contributed by atoms with E-state index in [4.69, 9.17) is 14.2 Å². The molecule has 0 atom stereocenters. The van der Waals surface area contributed by atoms with Crippen molar-refractivity contribution >= 4 is 5.97 Å². The summed E-state index contributed by atoms with van der Waals surface area (Å²) in [5, 5.41) is 0. The van der Waals surface area contributed by atoms with Gasteiger partial charge in [-0.15, -0.1) is 0 Å². The van der Waals surface area contributed by atoms with Crippen LogP contribution < -0.4 is 14.2 Å². The molecular formula is C21H18O4. The molecule has 0 spiro atoms. The Morgan fingerprint density at radius 2 is 1.44 bits per heavy atom. The monoisotopic (exact) mass is 334 g/mol. The highest BCUT2D eigenvalue weighted by Gasteiger charge is 2.11. The van der Waals surface area contributed by atoms with Crippen LogP contribution in [0.1, 0.15) is 15.9 Å². The molecule has 0 N–H and O–H groups in total. The molecule has 0 amide bonds. The number of ether oxygens (including phenoxy) is 3. The molecule has 4 nitrogen and oxygen atoms in total. The Bertz CT molecular complexity index is 826. The molecule has 0 heterocycles. The molecule has 126 valence electrons. The van der Waals surface area contributed by atoms with Crippen LogP contribution in [-0.2, 0) is 6.61 Å². The van der Waals surface area contributed by atoms with Gasteiger partial charge in [0.1, 0.15) is 12.4 Å². The second-order valence-corrected chi connectivity index (χ2v) is 5.34. The molecule has 3 rings (SSSR count). The molecule has 0 aliphatic carbocycles. The lowest BCUT2D eigenvalue weighted by atomic mass is 10.1. The van der Waals surface area contributed by atoms with E-state index in [0.717, 1.165) is 11.3 Å². The molecular weight excluding hydrogens is 316 g/mol. The predicted octanol–water partition coefficient (Wildman–Crippen LogP) is 4.49. The van der Waals surface area contributed by atoms with Crippen LogP contribution in [0.4, 0.5) is 0 Å². The van der Waals surface area contributed by atoms with Crippen molar-refractivity contribution in [3.8, 4) is 17.2 Å². The normalized spacial score (nSPS) is 10.1. The van der Waals surface area contributed by atoms with Crippen LogP contribution in [-0.4, -0.2) is 13.1 Å². The SMILES string of the molecule is COc1ccccc1OC(=O)c1ccc(COc2ccccc2)cc1. The zero-order valence-corrected chi connectivity index (χ0v) is 13.8. The van der Waals surface area contributed by atoms with Gasteiger partial charge in [-0.2, -0.15) is 0 Å². The average Bonchev–Trinajstić information content (AvgIpc) is 2.68. The first-order valence-corrected chi connectivity index (χ1v) is 7.88. The van der Waals surface area contributed by atoms with Crippen LogP contribution in [0, 0.1) is 0 Å². The fourth-order valence-corrected chi connectivity index (χ4v) is 2.28. The maximum absolute atomic E-state index is 12.3. The van der Waals surface area contributed by atoms with Gasteiger partial charge in [0.15, 0.2) is 11.5 Å². The van der Waals surface area contributed by atoms with Crippen LogP contribution in [0.3, 0.4) is 0 Å². The second kappa shape index (κ2) is 8.02. The van der Waals surface area contributed by atoms with Gasteiger partial charge in [0.05, 0.1) is 12.7 Å². The summed E-state index contributed by atoms with van der Waals surface area (Å²) in [7, 11) is 1.54. The van der Waals surface area contributed by atoms with Gasteiger partial charge in [-0.3, -0.25) is 0 Å². The number of methoxy groups -OCH3 is 1. The van der Waals surface area contributed by atoms with E-state index in [2.05, 4.69) is 0 Å². The lowest BCUT2D eigenvalue weighted by Gasteiger charge is -2.09. The Morgan fingerprint density at radius 3 is 2.12 bits per heavy atom. The first-order valence-electron chi connectivity index (χ1n) is 7.88. The molecule has 0 aromatic heterocycles. The standard InChI is InChI=1S/C21H18O4/c1-23-19-9-5-6-10-20(19)25-21(22)17-13-11-16(12-14-17)15-24-18-7-3-2-4-8-18/h2-14H,15H2,1H3. The van der Waals surface area contributed by atoms with Crippen molar-refractivity contribution in [2.75, 3.05) is 7.11 Å². The highest BCUT2D eigenvalue weighted by molar-refractivity contribution is 5.91. The van der Waals surface area contributed by atoms with Crippen molar-refractivity contribution in [1.29, 1.82) is 0 Å². The van der Waals surface area contributed by atoms with E-state index in [1.54, 1.807) is 30.3 Å². The summed E-state index contributed by atoms with van der Waals surface area (Å²) in [6, 6.07) is 23.8.